The van der Waals surface area contributed by atoms with E-state index in [4.69, 9.17) is 0 Å². The summed E-state index contributed by atoms with van der Waals surface area (Å²) >= 11 is 0. The van der Waals surface area contributed by atoms with Crippen molar-refractivity contribution in [1.82, 2.24) is 10.6 Å². The van der Waals surface area contributed by atoms with Gasteiger partial charge >= 0.3 is 6.18 Å². The third kappa shape index (κ3) is 6.38. The molecule has 2 unspecified atom stereocenters. The van der Waals surface area contributed by atoms with Gasteiger partial charge in [-0.05, 0) is 69.2 Å². The number of alkyl halides is 3. The zero-order chi connectivity index (χ0) is 30.0. The predicted molar refractivity (Wildman–Crippen MR) is 144 cm³/mol. The van der Waals surface area contributed by atoms with Gasteiger partial charge in [-0.3, -0.25) is 14.4 Å². The van der Waals surface area contributed by atoms with Crippen LogP contribution in [0.15, 0.2) is 65.1 Å². The topological polar surface area (TPSA) is 113 Å². The number of nitrogens with zero attached hydrogens (tertiary/aromatic N) is 1. The number of carbonyl (C=O) groups excluding carboxylic acids is 3. The number of amides is 3. The van der Waals surface area contributed by atoms with Crippen molar-refractivity contribution in [2.24, 2.45) is 5.41 Å². The Hall–Kier alpha value is -3.67. The molecule has 3 rings (SSSR count). The van der Waals surface area contributed by atoms with E-state index in [1.807, 2.05) is 0 Å². The van der Waals surface area contributed by atoms with Gasteiger partial charge in [0.1, 0.15) is 5.57 Å². The molecule has 216 valence electrons. The van der Waals surface area contributed by atoms with Gasteiger partial charge in [-0.1, -0.05) is 25.1 Å². The maximum atomic E-state index is 13.7. The third-order valence-electron chi connectivity index (χ3n) is 6.91. The van der Waals surface area contributed by atoms with E-state index in [1.54, 1.807) is 27.7 Å². The van der Waals surface area contributed by atoms with E-state index in [1.165, 1.54) is 36.4 Å². The van der Waals surface area contributed by atoms with E-state index in [-0.39, 0.29) is 35.2 Å². The summed E-state index contributed by atoms with van der Waals surface area (Å²) in [6.45, 7) is 6.69. The summed E-state index contributed by atoms with van der Waals surface area (Å²) in [5, 5.41) is 5.42. The first kappa shape index (κ1) is 30.9. The molecule has 0 saturated carbocycles. The smallest absolute Gasteiger partial charge is 0.353 e. The fourth-order valence-corrected chi connectivity index (χ4v) is 5.28. The maximum absolute atomic E-state index is 13.7. The van der Waals surface area contributed by atoms with Crippen molar-refractivity contribution in [3.8, 4) is 0 Å². The fraction of sp³-hybridized carbons (Fsp3) is 0.393. The Bertz CT molecular complexity index is 1440. The van der Waals surface area contributed by atoms with Gasteiger partial charge in [0, 0.05) is 24.5 Å². The summed E-state index contributed by atoms with van der Waals surface area (Å²) < 4.78 is 63.9. The fourth-order valence-electron chi connectivity index (χ4n) is 4.65. The van der Waals surface area contributed by atoms with Crippen LogP contribution in [0.4, 0.5) is 18.9 Å². The van der Waals surface area contributed by atoms with E-state index in [0.717, 1.165) is 29.4 Å². The predicted octanol–water partition coefficient (Wildman–Crippen LogP) is 4.01. The lowest BCUT2D eigenvalue weighted by molar-refractivity contribution is -0.138. The van der Waals surface area contributed by atoms with Crippen LogP contribution in [0.3, 0.4) is 0 Å². The highest BCUT2D eigenvalue weighted by Crippen LogP contribution is 2.41. The largest absolute Gasteiger partial charge is 0.416 e. The van der Waals surface area contributed by atoms with Crippen LogP contribution in [0.1, 0.15) is 45.2 Å². The van der Waals surface area contributed by atoms with Gasteiger partial charge in [-0.2, -0.15) is 13.2 Å². The summed E-state index contributed by atoms with van der Waals surface area (Å²) in [7, 11) is -3.41. The average Bonchev–Trinajstić information content (AvgIpc) is 2.87. The molecule has 1 heterocycles. The highest BCUT2D eigenvalue weighted by molar-refractivity contribution is 7.90. The summed E-state index contributed by atoms with van der Waals surface area (Å²) in [5.74, 6) is -2.14. The van der Waals surface area contributed by atoms with Crippen molar-refractivity contribution in [3.05, 3.63) is 71.3 Å². The van der Waals surface area contributed by atoms with Crippen LogP contribution in [0.25, 0.3) is 0 Å². The molecule has 0 saturated heterocycles. The number of halogens is 3. The molecule has 40 heavy (non-hydrogen) atoms. The Morgan fingerprint density at radius 2 is 1.73 bits per heavy atom. The minimum Gasteiger partial charge on any atom is -0.353 e. The van der Waals surface area contributed by atoms with Gasteiger partial charge in [0.25, 0.3) is 11.8 Å². The molecule has 0 aliphatic carbocycles. The van der Waals surface area contributed by atoms with Crippen LogP contribution >= 0.6 is 0 Å². The molecule has 0 bridgehead atoms. The molecule has 1 aliphatic heterocycles. The van der Waals surface area contributed by atoms with E-state index in [2.05, 4.69) is 10.6 Å². The van der Waals surface area contributed by atoms with Gasteiger partial charge in [0.15, 0.2) is 9.84 Å². The normalized spacial score (nSPS) is 19.8. The molecular formula is C28H32F3N3O5S. The molecule has 2 N–H and O–H groups in total. The third-order valence-corrected chi connectivity index (χ3v) is 8.04. The summed E-state index contributed by atoms with van der Waals surface area (Å²) in [6.07, 6.45) is -2.14. The van der Waals surface area contributed by atoms with Crippen LogP contribution in [-0.2, 0) is 36.9 Å². The van der Waals surface area contributed by atoms with Gasteiger partial charge < -0.3 is 15.5 Å². The summed E-state index contributed by atoms with van der Waals surface area (Å²) in [5.41, 5.74) is -2.33. The summed E-state index contributed by atoms with van der Waals surface area (Å²) in [6, 6.07) is 8.78. The number of hydrogen-bond acceptors (Lipinski definition) is 5. The zero-order valence-corrected chi connectivity index (χ0v) is 23.6. The molecule has 0 fully saturated rings. The first-order chi connectivity index (χ1) is 18.5. The van der Waals surface area contributed by atoms with Crippen LogP contribution in [-0.4, -0.2) is 44.5 Å². The van der Waals surface area contributed by atoms with Gasteiger partial charge in [0.2, 0.25) is 5.91 Å². The molecule has 2 aromatic carbocycles. The number of sulfone groups is 1. The number of rotatable bonds is 8. The standard InChI is InChI=1S/C28H32F3N3O5S/c1-6-27(26(37)33-17(2)3)15-23(24(35)32-16-19-10-12-22(13-11-19)40(5,38)39)25(36)34(18(27)4)21-9-7-8-20(14-21)28(29,30)31/h7-15,17-18H,6,16H2,1-5H3,(H,32,35)(H,33,37). The Labute approximate surface area is 231 Å². The number of benzene rings is 2. The second-order valence-corrected chi connectivity index (χ2v) is 12.1. The maximum Gasteiger partial charge on any atom is 0.416 e. The van der Waals surface area contributed by atoms with Crippen LogP contribution in [0, 0.1) is 5.41 Å². The number of hydrogen-bond donors (Lipinski definition) is 2. The Morgan fingerprint density at radius 3 is 2.25 bits per heavy atom. The first-order valence-electron chi connectivity index (χ1n) is 12.6. The molecule has 0 radical (unpaired) electrons. The van der Waals surface area contributed by atoms with Crippen LogP contribution < -0.4 is 15.5 Å². The van der Waals surface area contributed by atoms with E-state index < -0.39 is 50.8 Å². The molecule has 12 heteroatoms. The van der Waals surface area contributed by atoms with E-state index >= 15 is 0 Å². The molecular weight excluding hydrogens is 547 g/mol. The Kier molecular flexibility index (Phi) is 8.83. The highest BCUT2D eigenvalue weighted by atomic mass is 32.2. The SMILES string of the molecule is CCC1(C(=O)NC(C)C)C=C(C(=O)NCc2ccc(S(C)(=O)=O)cc2)C(=O)N(c2cccc(C(F)(F)F)c2)C1C. The number of anilines is 1. The molecule has 0 spiro atoms. The second-order valence-electron chi connectivity index (χ2n) is 10.1. The van der Waals surface area contributed by atoms with Crippen molar-refractivity contribution < 1.29 is 36.0 Å². The molecule has 2 atom stereocenters. The molecule has 8 nitrogen and oxygen atoms in total. The first-order valence-corrected chi connectivity index (χ1v) is 14.5. The molecule has 2 aromatic rings. The molecule has 1 aliphatic rings. The van der Waals surface area contributed by atoms with Crippen LogP contribution in [0.2, 0.25) is 0 Å². The highest BCUT2D eigenvalue weighted by Gasteiger charge is 2.50. The lowest BCUT2D eigenvalue weighted by atomic mass is 9.72. The molecule has 0 aromatic heterocycles. The quantitative estimate of drug-likeness (QED) is 0.459. The average molecular weight is 580 g/mol. The lowest BCUT2D eigenvalue weighted by Gasteiger charge is -2.45. The summed E-state index contributed by atoms with van der Waals surface area (Å²) in [4.78, 5) is 41.7. The van der Waals surface area contributed by atoms with Crippen molar-refractivity contribution in [3.63, 3.8) is 0 Å². The second kappa shape index (κ2) is 11.4. The van der Waals surface area contributed by atoms with Gasteiger partial charge in [-0.25, -0.2) is 8.42 Å². The van der Waals surface area contributed by atoms with Gasteiger partial charge in [-0.15, -0.1) is 0 Å². The van der Waals surface area contributed by atoms with Crippen molar-refractivity contribution in [1.29, 1.82) is 0 Å². The van der Waals surface area contributed by atoms with Crippen LogP contribution in [0.5, 0.6) is 0 Å². The van der Waals surface area contributed by atoms with Gasteiger partial charge in [0.05, 0.1) is 21.9 Å². The minimum absolute atomic E-state index is 0.0656. The Morgan fingerprint density at radius 1 is 1.10 bits per heavy atom. The van der Waals surface area contributed by atoms with E-state index in [9.17, 15) is 36.0 Å². The van der Waals surface area contributed by atoms with Crippen molar-refractivity contribution in [2.45, 2.75) is 63.8 Å². The molecule has 3 amide bonds. The van der Waals surface area contributed by atoms with Crippen molar-refractivity contribution >= 4 is 33.2 Å². The van der Waals surface area contributed by atoms with Crippen molar-refractivity contribution in [2.75, 3.05) is 11.2 Å². The lowest BCUT2D eigenvalue weighted by Crippen LogP contribution is -2.60. The van der Waals surface area contributed by atoms with E-state index in [0.29, 0.717) is 5.56 Å². The zero-order valence-electron chi connectivity index (χ0n) is 22.8. The number of carbonyl (C=O) groups is 3. The Balaban J connectivity index is 2.04. The monoisotopic (exact) mass is 579 g/mol. The minimum atomic E-state index is -4.67. The number of nitrogens with one attached hydrogen (secondary N) is 2.